The normalized spacial score (nSPS) is 23.8. The molecule has 0 bridgehead atoms. The Morgan fingerprint density at radius 3 is 2.48 bits per heavy atom. The average Bonchev–Trinajstić information content (AvgIpc) is 3.07. The van der Waals surface area contributed by atoms with Crippen molar-refractivity contribution in [3.8, 4) is 5.75 Å². The summed E-state index contributed by atoms with van der Waals surface area (Å²) in [6.45, 7) is 3.19. The quantitative estimate of drug-likeness (QED) is 0.592. The molecule has 3 nitrogen and oxygen atoms in total. The first kappa shape index (κ1) is 20.1. The van der Waals surface area contributed by atoms with Crippen LogP contribution in [0.2, 0.25) is 0 Å². The van der Waals surface area contributed by atoms with Gasteiger partial charge in [-0.25, -0.2) is 8.78 Å². The van der Waals surface area contributed by atoms with Crippen LogP contribution in [0.1, 0.15) is 11.1 Å². The third-order valence-electron chi connectivity index (χ3n) is 5.62. The van der Waals surface area contributed by atoms with Crippen molar-refractivity contribution in [1.29, 1.82) is 0 Å². The molecule has 2 atom stereocenters. The summed E-state index contributed by atoms with van der Waals surface area (Å²) in [4.78, 5) is 2.17. The van der Waals surface area contributed by atoms with E-state index in [1.165, 1.54) is 30.3 Å². The van der Waals surface area contributed by atoms with Gasteiger partial charge in [-0.2, -0.15) is 0 Å². The zero-order valence-electron chi connectivity index (χ0n) is 15.5. The molecule has 8 heteroatoms. The Bertz CT molecular complexity index is 860. The number of rotatable bonds is 7. The average molecular weight is 411 g/mol. The minimum Gasteiger partial charge on any atom is -0.658 e. The molecule has 1 heterocycles. The van der Waals surface area contributed by atoms with Crippen molar-refractivity contribution in [2.75, 3.05) is 19.6 Å². The van der Waals surface area contributed by atoms with Crippen molar-refractivity contribution >= 4 is 0 Å². The van der Waals surface area contributed by atoms with Gasteiger partial charge in [-0.05, 0) is 30.0 Å². The summed E-state index contributed by atoms with van der Waals surface area (Å²) >= 11 is 0. The summed E-state index contributed by atoms with van der Waals surface area (Å²) in [6.07, 6.45) is -4.70. The van der Waals surface area contributed by atoms with E-state index in [2.05, 4.69) is 15.0 Å². The molecule has 0 amide bonds. The zero-order chi connectivity index (χ0) is 20.6. The van der Waals surface area contributed by atoms with E-state index in [-0.39, 0.29) is 5.75 Å². The minimum atomic E-state index is -4.70. The number of alkyl halides is 3. The van der Waals surface area contributed by atoms with E-state index in [0.29, 0.717) is 48.5 Å². The summed E-state index contributed by atoms with van der Waals surface area (Å²) in [5, 5.41) is 4.50. The molecule has 1 saturated heterocycles. The molecule has 4 rings (SSSR count). The van der Waals surface area contributed by atoms with Crippen molar-refractivity contribution in [2.45, 2.75) is 19.5 Å². The van der Waals surface area contributed by atoms with E-state index in [9.17, 15) is 22.0 Å². The molecule has 2 aromatic carbocycles. The number of ether oxygens (including phenoxy) is 1. The molecular formula is C21H20F5N2O-. The molecule has 1 saturated carbocycles. The summed E-state index contributed by atoms with van der Waals surface area (Å²) < 4.78 is 67.6. The van der Waals surface area contributed by atoms with Crippen molar-refractivity contribution in [3.05, 3.63) is 70.5 Å². The standard InChI is InChI=1S/C21H20F5N2O/c22-15-5-4-14(20(23)7-15)10-28-11-18-17(19(18)12-28)9-27-8-13-2-1-3-16(6-13)29-21(24,25)26/h1-7,17-19H,8-12H2/q-1. The van der Waals surface area contributed by atoms with Crippen LogP contribution in [-0.4, -0.2) is 30.9 Å². The lowest BCUT2D eigenvalue weighted by molar-refractivity contribution is -0.274. The topological polar surface area (TPSA) is 26.6 Å². The van der Waals surface area contributed by atoms with Gasteiger partial charge in [0.15, 0.2) is 0 Å². The van der Waals surface area contributed by atoms with Crippen LogP contribution in [0.4, 0.5) is 22.0 Å². The second kappa shape index (κ2) is 7.91. The van der Waals surface area contributed by atoms with Gasteiger partial charge in [-0.1, -0.05) is 29.7 Å². The molecule has 156 valence electrons. The number of hydrogen-bond donors (Lipinski definition) is 0. The minimum absolute atomic E-state index is 0.239. The molecule has 0 aromatic heterocycles. The van der Waals surface area contributed by atoms with Crippen molar-refractivity contribution in [1.82, 2.24) is 4.90 Å². The van der Waals surface area contributed by atoms with Crippen LogP contribution < -0.4 is 4.74 Å². The molecule has 29 heavy (non-hydrogen) atoms. The van der Waals surface area contributed by atoms with Gasteiger partial charge in [0.05, 0.1) is 0 Å². The van der Waals surface area contributed by atoms with E-state index in [1.807, 2.05) is 0 Å². The predicted molar refractivity (Wildman–Crippen MR) is 97.2 cm³/mol. The smallest absolute Gasteiger partial charge is 0.573 e. The number of benzene rings is 2. The van der Waals surface area contributed by atoms with Crippen LogP contribution in [0.25, 0.3) is 5.32 Å². The van der Waals surface area contributed by atoms with Gasteiger partial charge in [-0.3, -0.25) is 4.90 Å². The summed E-state index contributed by atoms with van der Waals surface area (Å²) in [6, 6.07) is 9.51. The lowest BCUT2D eigenvalue weighted by Crippen LogP contribution is -2.25. The lowest BCUT2D eigenvalue weighted by Gasteiger charge is -2.24. The number of nitrogens with zero attached hydrogens (tertiary/aromatic N) is 2. The van der Waals surface area contributed by atoms with Crippen LogP contribution in [-0.2, 0) is 13.1 Å². The molecular weight excluding hydrogens is 391 g/mol. The van der Waals surface area contributed by atoms with E-state index in [4.69, 9.17) is 0 Å². The highest BCUT2D eigenvalue weighted by atomic mass is 19.4. The van der Waals surface area contributed by atoms with Gasteiger partial charge < -0.3 is 10.1 Å². The summed E-state index contributed by atoms with van der Waals surface area (Å²) in [5.74, 6) is 0.168. The Hall–Kier alpha value is -2.19. The Morgan fingerprint density at radius 2 is 1.79 bits per heavy atom. The van der Waals surface area contributed by atoms with Crippen molar-refractivity contribution < 1.29 is 26.7 Å². The number of piperidine rings is 1. The molecule has 0 spiro atoms. The van der Waals surface area contributed by atoms with Gasteiger partial charge in [0.1, 0.15) is 17.4 Å². The third kappa shape index (κ3) is 5.05. The Morgan fingerprint density at radius 1 is 1.03 bits per heavy atom. The largest absolute Gasteiger partial charge is 0.658 e. The fourth-order valence-electron chi connectivity index (χ4n) is 4.21. The predicted octanol–water partition coefficient (Wildman–Crippen LogP) is 5.12. The van der Waals surface area contributed by atoms with Gasteiger partial charge >= 0.3 is 6.36 Å². The van der Waals surface area contributed by atoms with Gasteiger partial charge in [-0.15, -0.1) is 26.3 Å². The molecule has 2 fully saturated rings. The number of fused-ring (bicyclic) bond motifs is 1. The molecule has 0 radical (unpaired) electrons. The van der Waals surface area contributed by atoms with Crippen molar-refractivity contribution in [3.63, 3.8) is 0 Å². The molecule has 2 aromatic rings. The highest BCUT2D eigenvalue weighted by molar-refractivity contribution is 5.30. The van der Waals surface area contributed by atoms with E-state index >= 15 is 0 Å². The van der Waals surface area contributed by atoms with Crippen molar-refractivity contribution in [2.24, 2.45) is 17.8 Å². The third-order valence-corrected chi connectivity index (χ3v) is 5.62. The van der Waals surface area contributed by atoms with Crippen LogP contribution in [0.5, 0.6) is 5.75 Å². The van der Waals surface area contributed by atoms with Crippen LogP contribution in [0.15, 0.2) is 42.5 Å². The van der Waals surface area contributed by atoms with Gasteiger partial charge in [0, 0.05) is 31.3 Å². The maximum atomic E-state index is 13.8. The summed E-state index contributed by atoms with van der Waals surface area (Å²) in [7, 11) is 0. The Labute approximate surface area is 165 Å². The fraction of sp³-hybridized carbons (Fsp3) is 0.429. The van der Waals surface area contributed by atoms with Crippen LogP contribution in [0, 0.1) is 29.4 Å². The maximum absolute atomic E-state index is 13.8. The Kier molecular flexibility index (Phi) is 5.48. The zero-order valence-corrected chi connectivity index (χ0v) is 15.5. The molecule has 2 aliphatic rings. The SMILES string of the molecule is Fc1ccc(CN2CC3C(C[N-]Cc4cccc(OC(F)(F)F)c4)C3C2)c(F)c1. The number of hydrogen-bond acceptors (Lipinski definition) is 2. The monoisotopic (exact) mass is 411 g/mol. The van der Waals surface area contributed by atoms with Gasteiger partial charge in [0.25, 0.3) is 0 Å². The molecule has 2 unspecified atom stereocenters. The summed E-state index contributed by atoms with van der Waals surface area (Å²) in [5.41, 5.74) is 1.17. The highest BCUT2D eigenvalue weighted by Gasteiger charge is 2.53. The van der Waals surface area contributed by atoms with E-state index in [1.54, 1.807) is 6.07 Å². The molecule has 1 aliphatic heterocycles. The van der Waals surface area contributed by atoms with Crippen LogP contribution in [0.3, 0.4) is 0 Å². The first-order valence-corrected chi connectivity index (χ1v) is 9.43. The first-order valence-electron chi connectivity index (χ1n) is 9.43. The number of likely N-dealkylation sites (tertiary alicyclic amines) is 1. The second-order valence-corrected chi connectivity index (χ2v) is 7.68. The van der Waals surface area contributed by atoms with Gasteiger partial charge in [0.2, 0.25) is 0 Å². The molecule has 1 aliphatic carbocycles. The highest BCUT2D eigenvalue weighted by Crippen LogP contribution is 2.52. The second-order valence-electron chi connectivity index (χ2n) is 7.68. The first-order chi connectivity index (χ1) is 13.8. The Balaban J connectivity index is 1.20. The molecule has 0 N–H and O–H groups in total. The van der Waals surface area contributed by atoms with E-state index < -0.39 is 18.0 Å². The van der Waals surface area contributed by atoms with Crippen LogP contribution >= 0.6 is 0 Å². The lowest BCUT2D eigenvalue weighted by atomic mass is 10.1. The van der Waals surface area contributed by atoms with E-state index in [0.717, 1.165) is 19.2 Å². The number of halogens is 5. The maximum Gasteiger partial charge on any atom is 0.573 e. The fourth-order valence-corrected chi connectivity index (χ4v) is 4.21.